The Kier molecular flexibility index (Phi) is 3.25. The topological polar surface area (TPSA) is 55.4 Å². The Morgan fingerprint density at radius 1 is 1.38 bits per heavy atom. The summed E-state index contributed by atoms with van der Waals surface area (Å²) in [5.74, 6) is -0.701. The Morgan fingerprint density at radius 2 is 2.00 bits per heavy atom. The molecule has 0 fully saturated rings. The van der Waals surface area contributed by atoms with Crippen LogP contribution in [-0.4, -0.2) is 18.6 Å². The monoisotopic (exact) mass is 181 g/mol. The quantitative estimate of drug-likeness (QED) is 0.691. The third-order valence-corrected chi connectivity index (χ3v) is 1.55. The van der Waals surface area contributed by atoms with E-state index in [9.17, 15) is 9.59 Å². The van der Waals surface area contributed by atoms with Crippen molar-refractivity contribution in [3.63, 3.8) is 0 Å². The number of hydrogen-bond acceptors (Lipinski definition) is 3. The molecule has 0 heterocycles. The molecular weight excluding hydrogens is 170 g/mol. The molecule has 0 radical (unpaired) electrons. The molecule has 0 aromatic heterocycles. The van der Waals surface area contributed by atoms with E-state index in [-0.39, 0.29) is 18.4 Å². The van der Waals surface area contributed by atoms with Gasteiger partial charge in [0.15, 0.2) is 0 Å². The smallest absolute Gasteiger partial charge is 0.413 e. The van der Waals surface area contributed by atoms with E-state index in [0.717, 1.165) is 0 Å². The number of amides is 2. The van der Waals surface area contributed by atoms with Gasteiger partial charge in [0.25, 0.3) is 0 Å². The summed E-state index contributed by atoms with van der Waals surface area (Å²) in [5.41, 5.74) is 0. The predicted octanol–water partition coefficient (Wildman–Crippen LogP) is 1.00. The maximum absolute atomic E-state index is 11.2. The van der Waals surface area contributed by atoms with Crippen molar-refractivity contribution in [2.75, 3.05) is 6.61 Å². The summed E-state index contributed by atoms with van der Waals surface area (Å²) in [5, 5.41) is 2.12. The summed E-state index contributed by atoms with van der Waals surface area (Å²) < 4.78 is 4.55. The molecule has 0 spiro atoms. The van der Waals surface area contributed by atoms with E-state index in [1.165, 1.54) is 0 Å². The van der Waals surface area contributed by atoms with Gasteiger partial charge in [0.2, 0.25) is 5.91 Å². The Bertz CT molecular complexity index is 256. The van der Waals surface area contributed by atoms with Crippen LogP contribution < -0.4 is 5.32 Å². The average molecular weight is 181 g/mol. The van der Waals surface area contributed by atoms with Crippen molar-refractivity contribution in [3.8, 4) is 0 Å². The summed E-state index contributed by atoms with van der Waals surface area (Å²) in [7, 11) is 0. The lowest BCUT2D eigenvalue weighted by Gasteiger charge is -2.05. The van der Waals surface area contributed by atoms with Gasteiger partial charge in [-0.05, 0) is 6.92 Å². The fourth-order valence-corrected chi connectivity index (χ4v) is 0.958. The van der Waals surface area contributed by atoms with Gasteiger partial charge >= 0.3 is 6.09 Å². The van der Waals surface area contributed by atoms with Crippen molar-refractivity contribution < 1.29 is 14.3 Å². The van der Waals surface area contributed by atoms with Crippen LogP contribution in [0.25, 0.3) is 0 Å². The molecule has 4 nitrogen and oxygen atoms in total. The summed E-state index contributed by atoms with van der Waals surface area (Å²) in [6.45, 7) is 1.94. The van der Waals surface area contributed by atoms with Crippen LogP contribution in [0.1, 0.15) is 6.92 Å². The number of hydrogen-bond donors (Lipinski definition) is 1. The summed E-state index contributed by atoms with van der Waals surface area (Å²) in [4.78, 5) is 22.0. The Hall–Kier alpha value is -1.58. The fraction of sp³-hybridized carbons (Fsp3) is 0.333. The normalized spacial score (nSPS) is 14.5. The fourth-order valence-electron chi connectivity index (χ4n) is 0.958. The molecule has 0 unspecified atom stereocenters. The van der Waals surface area contributed by atoms with E-state index < -0.39 is 6.09 Å². The second kappa shape index (κ2) is 4.45. The minimum absolute atomic E-state index is 0.259. The summed E-state index contributed by atoms with van der Waals surface area (Å²) >= 11 is 0. The standard InChI is InChI=1S/C9H11NO3/c1-2-13-9(12)10-8(11)7-5-3-4-6-7/h3-7H,2H2,1H3,(H,10,11,12). The van der Waals surface area contributed by atoms with Gasteiger partial charge in [-0.3, -0.25) is 10.1 Å². The molecule has 2 amide bonds. The Labute approximate surface area is 76.3 Å². The van der Waals surface area contributed by atoms with Crippen LogP contribution in [0.3, 0.4) is 0 Å². The third-order valence-electron chi connectivity index (χ3n) is 1.55. The number of ether oxygens (including phenoxy) is 1. The molecule has 0 aliphatic heterocycles. The van der Waals surface area contributed by atoms with Gasteiger partial charge in [0.1, 0.15) is 0 Å². The lowest BCUT2D eigenvalue weighted by Crippen LogP contribution is -2.34. The van der Waals surface area contributed by atoms with Crippen molar-refractivity contribution in [1.82, 2.24) is 5.32 Å². The molecule has 0 atom stereocenters. The molecule has 70 valence electrons. The van der Waals surface area contributed by atoms with Gasteiger partial charge in [0, 0.05) is 0 Å². The lowest BCUT2D eigenvalue weighted by molar-refractivity contribution is -0.121. The maximum Gasteiger partial charge on any atom is 0.413 e. The van der Waals surface area contributed by atoms with Gasteiger partial charge in [-0.25, -0.2) is 4.79 Å². The first-order valence-corrected chi connectivity index (χ1v) is 4.06. The highest BCUT2D eigenvalue weighted by Gasteiger charge is 2.16. The van der Waals surface area contributed by atoms with E-state index in [0.29, 0.717) is 0 Å². The van der Waals surface area contributed by atoms with Crippen molar-refractivity contribution in [1.29, 1.82) is 0 Å². The number of allylic oxidation sites excluding steroid dienone is 2. The zero-order valence-corrected chi connectivity index (χ0v) is 7.32. The van der Waals surface area contributed by atoms with Crippen LogP contribution in [0.5, 0.6) is 0 Å². The van der Waals surface area contributed by atoms with Gasteiger partial charge in [-0.2, -0.15) is 0 Å². The first-order chi connectivity index (χ1) is 6.24. The number of rotatable bonds is 2. The molecule has 4 heteroatoms. The van der Waals surface area contributed by atoms with Crippen molar-refractivity contribution in [2.24, 2.45) is 5.92 Å². The third kappa shape index (κ3) is 2.74. The lowest BCUT2D eigenvalue weighted by atomic mass is 10.1. The number of carbonyl (C=O) groups excluding carboxylic acids is 2. The molecule has 0 saturated heterocycles. The molecular formula is C9H11NO3. The zero-order valence-electron chi connectivity index (χ0n) is 7.32. The molecule has 0 saturated carbocycles. The largest absolute Gasteiger partial charge is 0.450 e. The molecule has 1 N–H and O–H groups in total. The van der Waals surface area contributed by atoms with Gasteiger partial charge < -0.3 is 4.74 Å². The average Bonchev–Trinajstić information content (AvgIpc) is 2.55. The summed E-state index contributed by atoms with van der Waals surface area (Å²) in [6, 6.07) is 0. The highest BCUT2D eigenvalue weighted by atomic mass is 16.5. The maximum atomic E-state index is 11.2. The second-order valence-corrected chi connectivity index (χ2v) is 2.51. The van der Waals surface area contributed by atoms with Crippen LogP contribution in [0, 0.1) is 5.92 Å². The molecule has 1 aliphatic carbocycles. The van der Waals surface area contributed by atoms with E-state index in [4.69, 9.17) is 0 Å². The minimum atomic E-state index is -0.693. The molecule has 1 rings (SSSR count). The first-order valence-electron chi connectivity index (χ1n) is 4.06. The summed E-state index contributed by atoms with van der Waals surface area (Å²) in [6.07, 6.45) is 6.23. The van der Waals surface area contributed by atoms with Crippen molar-refractivity contribution >= 4 is 12.0 Å². The highest BCUT2D eigenvalue weighted by molar-refractivity contribution is 5.95. The van der Waals surface area contributed by atoms with Gasteiger partial charge in [0.05, 0.1) is 12.5 Å². The van der Waals surface area contributed by atoms with Crippen molar-refractivity contribution in [2.45, 2.75) is 6.92 Å². The number of nitrogens with one attached hydrogen (secondary N) is 1. The van der Waals surface area contributed by atoms with E-state index in [2.05, 4.69) is 10.1 Å². The predicted molar refractivity (Wildman–Crippen MR) is 46.9 cm³/mol. The van der Waals surface area contributed by atoms with Crippen LogP contribution in [0.4, 0.5) is 4.79 Å². The first kappa shape index (κ1) is 9.51. The number of carbonyl (C=O) groups is 2. The number of imide groups is 1. The van der Waals surface area contributed by atoms with Crippen LogP contribution in [0.2, 0.25) is 0 Å². The molecule has 13 heavy (non-hydrogen) atoms. The van der Waals surface area contributed by atoms with Gasteiger partial charge in [-0.15, -0.1) is 0 Å². The SMILES string of the molecule is CCOC(=O)NC(=O)C1C=CC=C1. The van der Waals surface area contributed by atoms with Crippen molar-refractivity contribution in [3.05, 3.63) is 24.3 Å². The Morgan fingerprint density at radius 3 is 2.54 bits per heavy atom. The van der Waals surface area contributed by atoms with E-state index in [1.54, 1.807) is 31.2 Å². The van der Waals surface area contributed by atoms with E-state index in [1.807, 2.05) is 0 Å². The van der Waals surface area contributed by atoms with Gasteiger partial charge in [-0.1, -0.05) is 24.3 Å². The molecule has 1 aliphatic rings. The zero-order chi connectivity index (χ0) is 9.68. The molecule has 0 bridgehead atoms. The van der Waals surface area contributed by atoms with Crippen LogP contribution >= 0.6 is 0 Å². The van der Waals surface area contributed by atoms with Crippen LogP contribution in [0.15, 0.2) is 24.3 Å². The molecule has 0 aromatic rings. The minimum Gasteiger partial charge on any atom is -0.450 e. The highest BCUT2D eigenvalue weighted by Crippen LogP contribution is 2.08. The second-order valence-electron chi connectivity index (χ2n) is 2.51. The molecule has 0 aromatic carbocycles. The number of alkyl carbamates (subject to hydrolysis) is 1. The Balaban J connectivity index is 2.36. The van der Waals surface area contributed by atoms with E-state index >= 15 is 0 Å². The van der Waals surface area contributed by atoms with Crippen LogP contribution in [-0.2, 0) is 9.53 Å².